The van der Waals surface area contributed by atoms with Crippen LogP contribution in [0.4, 0.5) is 0 Å². The molecule has 0 saturated heterocycles. The van der Waals surface area contributed by atoms with Gasteiger partial charge in [-0.25, -0.2) is 9.78 Å². The van der Waals surface area contributed by atoms with Gasteiger partial charge in [0.25, 0.3) is 0 Å². The molecule has 20 heavy (non-hydrogen) atoms. The number of rotatable bonds is 3. The molecule has 2 atom stereocenters. The number of hydrogen-bond donors (Lipinski definition) is 1. The van der Waals surface area contributed by atoms with Crippen molar-refractivity contribution in [2.24, 2.45) is 11.3 Å². The summed E-state index contributed by atoms with van der Waals surface area (Å²) in [5, 5.41) is 9.14. The highest BCUT2D eigenvalue weighted by Crippen LogP contribution is 2.40. The lowest BCUT2D eigenvalue weighted by molar-refractivity contribution is 0.0533. The average Bonchev–Trinajstić information content (AvgIpc) is 2.28. The van der Waals surface area contributed by atoms with Crippen LogP contribution in [-0.2, 0) is 0 Å². The SMILES string of the molecule is CC1CC(Oc2ncc(C(=O)O)cc2Cl)CC(C)(C)C1. The second-order valence-corrected chi connectivity index (χ2v) is 6.88. The lowest BCUT2D eigenvalue weighted by Gasteiger charge is -2.38. The summed E-state index contributed by atoms with van der Waals surface area (Å²) < 4.78 is 5.89. The maximum atomic E-state index is 10.8. The van der Waals surface area contributed by atoms with E-state index < -0.39 is 5.97 Å². The van der Waals surface area contributed by atoms with Gasteiger partial charge in [-0.1, -0.05) is 32.4 Å². The minimum absolute atomic E-state index is 0.0692. The van der Waals surface area contributed by atoms with Crippen LogP contribution >= 0.6 is 11.6 Å². The van der Waals surface area contributed by atoms with Crippen molar-refractivity contribution in [3.8, 4) is 5.88 Å². The summed E-state index contributed by atoms with van der Waals surface area (Å²) in [7, 11) is 0. The van der Waals surface area contributed by atoms with Crippen molar-refractivity contribution in [3.63, 3.8) is 0 Å². The molecule has 1 aliphatic carbocycles. The zero-order valence-electron chi connectivity index (χ0n) is 12.0. The molecular weight excluding hydrogens is 278 g/mol. The molecule has 2 rings (SSSR count). The van der Waals surface area contributed by atoms with Crippen molar-refractivity contribution in [1.29, 1.82) is 0 Å². The number of carbonyl (C=O) groups is 1. The summed E-state index contributed by atoms with van der Waals surface area (Å²) in [6, 6.07) is 1.38. The van der Waals surface area contributed by atoms with Gasteiger partial charge in [0.2, 0.25) is 5.88 Å². The van der Waals surface area contributed by atoms with E-state index in [9.17, 15) is 4.79 Å². The smallest absolute Gasteiger partial charge is 0.337 e. The van der Waals surface area contributed by atoms with E-state index in [1.807, 2.05) is 0 Å². The Labute approximate surface area is 124 Å². The summed E-state index contributed by atoms with van der Waals surface area (Å²) >= 11 is 6.05. The maximum absolute atomic E-state index is 10.8. The molecule has 1 aliphatic rings. The van der Waals surface area contributed by atoms with Crippen LogP contribution < -0.4 is 4.74 Å². The monoisotopic (exact) mass is 297 g/mol. The number of aromatic carboxylic acids is 1. The number of nitrogens with zero attached hydrogens (tertiary/aromatic N) is 1. The Morgan fingerprint density at radius 2 is 2.20 bits per heavy atom. The molecule has 4 nitrogen and oxygen atoms in total. The highest BCUT2D eigenvalue weighted by molar-refractivity contribution is 6.32. The Morgan fingerprint density at radius 1 is 1.50 bits per heavy atom. The Balaban J connectivity index is 2.12. The van der Waals surface area contributed by atoms with Crippen molar-refractivity contribution in [2.75, 3.05) is 0 Å². The fourth-order valence-electron chi connectivity index (χ4n) is 3.14. The van der Waals surface area contributed by atoms with Crippen LogP contribution in [0.25, 0.3) is 0 Å². The van der Waals surface area contributed by atoms with Gasteiger partial charge in [-0.3, -0.25) is 0 Å². The molecule has 1 heterocycles. The Morgan fingerprint density at radius 3 is 2.75 bits per heavy atom. The van der Waals surface area contributed by atoms with E-state index in [2.05, 4.69) is 25.8 Å². The van der Waals surface area contributed by atoms with Gasteiger partial charge in [-0.15, -0.1) is 0 Å². The molecule has 110 valence electrons. The van der Waals surface area contributed by atoms with E-state index in [-0.39, 0.29) is 22.1 Å². The summed E-state index contributed by atoms with van der Waals surface area (Å²) in [5.74, 6) is -0.120. The van der Waals surface area contributed by atoms with E-state index in [1.54, 1.807) is 0 Å². The first-order valence-corrected chi connectivity index (χ1v) is 7.20. The summed E-state index contributed by atoms with van der Waals surface area (Å²) in [4.78, 5) is 14.9. The molecule has 1 fully saturated rings. The second-order valence-electron chi connectivity index (χ2n) is 6.47. The highest BCUT2D eigenvalue weighted by Gasteiger charge is 2.33. The van der Waals surface area contributed by atoms with Gasteiger partial charge in [-0.2, -0.15) is 0 Å². The van der Waals surface area contributed by atoms with E-state index in [0.29, 0.717) is 11.8 Å². The quantitative estimate of drug-likeness (QED) is 0.915. The van der Waals surface area contributed by atoms with Crippen LogP contribution in [0.2, 0.25) is 5.02 Å². The number of pyridine rings is 1. The third-order valence-corrected chi connectivity index (χ3v) is 3.95. The standard InChI is InChI=1S/C15H20ClNO3/c1-9-4-11(7-15(2,3)6-9)20-13-12(16)5-10(8-17-13)14(18)19/h5,8-9,11H,4,6-7H2,1-3H3,(H,18,19). The first-order valence-electron chi connectivity index (χ1n) is 6.82. The third kappa shape index (κ3) is 3.63. The summed E-state index contributed by atoms with van der Waals surface area (Å²) in [5.41, 5.74) is 0.315. The summed E-state index contributed by atoms with van der Waals surface area (Å²) in [6.45, 7) is 6.70. The number of hydrogen-bond acceptors (Lipinski definition) is 3. The van der Waals surface area contributed by atoms with Crippen LogP contribution in [0.3, 0.4) is 0 Å². The maximum Gasteiger partial charge on any atom is 0.337 e. The molecule has 0 bridgehead atoms. The lowest BCUT2D eigenvalue weighted by Crippen LogP contribution is -2.34. The van der Waals surface area contributed by atoms with Gasteiger partial charge in [-0.05, 0) is 36.7 Å². The first kappa shape index (κ1) is 15.1. The van der Waals surface area contributed by atoms with E-state index in [0.717, 1.165) is 12.8 Å². The molecule has 0 amide bonds. The highest BCUT2D eigenvalue weighted by atomic mass is 35.5. The zero-order valence-corrected chi connectivity index (χ0v) is 12.8. The van der Waals surface area contributed by atoms with E-state index in [1.165, 1.54) is 18.7 Å². The van der Waals surface area contributed by atoms with Gasteiger partial charge in [0.15, 0.2) is 0 Å². The Kier molecular flexibility index (Phi) is 4.23. The molecule has 1 saturated carbocycles. The van der Waals surface area contributed by atoms with E-state index in [4.69, 9.17) is 21.4 Å². The lowest BCUT2D eigenvalue weighted by atomic mass is 9.71. The minimum Gasteiger partial charge on any atom is -0.478 e. The van der Waals surface area contributed by atoms with Gasteiger partial charge in [0.05, 0.1) is 5.56 Å². The normalized spacial score (nSPS) is 25.2. The molecule has 1 aromatic heterocycles. The summed E-state index contributed by atoms with van der Waals surface area (Å²) in [6.07, 6.45) is 4.47. The largest absolute Gasteiger partial charge is 0.478 e. The third-order valence-electron chi connectivity index (χ3n) is 3.68. The van der Waals surface area contributed by atoms with Crippen molar-refractivity contribution >= 4 is 17.6 Å². The number of ether oxygens (including phenoxy) is 1. The molecule has 5 heteroatoms. The van der Waals surface area contributed by atoms with Gasteiger partial charge in [0, 0.05) is 6.20 Å². The molecule has 1 aromatic rings. The fraction of sp³-hybridized carbons (Fsp3) is 0.600. The number of halogens is 1. The zero-order chi connectivity index (χ0) is 14.9. The topological polar surface area (TPSA) is 59.4 Å². The number of carboxylic acid groups (broad SMARTS) is 1. The second kappa shape index (κ2) is 5.60. The molecule has 1 N–H and O–H groups in total. The molecule has 0 spiro atoms. The molecule has 0 radical (unpaired) electrons. The van der Waals surface area contributed by atoms with Gasteiger partial charge in [0.1, 0.15) is 11.1 Å². The first-order chi connectivity index (χ1) is 9.27. The Bertz CT molecular complexity index is 516. The van der Waals surface area contributed by atoms with Crippen molar-refractivity contribution < 1.29 is 14.6 Å². The molecular formula is C15H20ClNO3. The van der Waals surface area contributed by atoms with Crippen molar-refractivity contribution in [2.45, 2.75) is 46.1 Å². The van der Waals surface area contributed by atoms with Crippen LogP contribution in [0.15, 0.2) is 12.3 Å². The van der Waals surface area contributed by atoms with Crippen LogP contribution in [0.5, 0.6) is 5.88 Å². The van der Waals surface area contributed by atoms with Crippen LogP contribution in [0, 0.1) is 11.3 Å². The average molecular weight is 298 g/mol. The predicted molar refractivity (Wildman–Crippen MR) is 77.4 cm³/mol. The van der Waals surface area contributed by atoms with Crippen LogP contribution in [0.1, 0.15) is 50.4 Å². The fourth-order valence-corrected chi connectivity index (χ4v) is 3.35. The van der Waals surface area contributed by atoms with Gasteiger partial charge < -0.3 is 9.84 Å². The van der Waals surface area contributed by atoms with Gasteiger partial charge >= 0.3 is 5.97 Å². The van der Waals surface area contributed by atoms with E-state index >= 15 is 0 Å². The van der Waals surface area contributed by atoms with Crippen molar-refractivity contribution in [1.82, 2.24) is 4.98 Å². The predicted octanol–water partition coefficient (Wildman–Crippen LogP) is 4.03. The molecule has 0 aromatic carbocycles. The van der Waals surface area contributed by atoms with Crippen molar-refractivity contribution in [3.05, 3.63) is 22.8 Å². The Hall–Kier alpha value is -1.29. The molecule has 0 aliphatic heterocycles. The van der Waals surface area contributed by atoms with Crippen LogP contribution in [-0.4, -0.2) is 22.2 Å². The molecule has 2 unspecified atom stereocenters. The number of carboxylic acids is 1. The minimum atomic E-state index is -1.04. The number of aromatic nitrogens is 1.